The van der Waals surface area contributed by atoms with Crippen LogP contribution in [0.3, 0.4) is 0 Å². The number of nitrogens with zero attached hydrogens (tertiary/aromatic N) is 1. The van der Waals surface area contributed by atoms with E-state index in [9.17, 15) is 4.79 Å². The molecule has 0 spiro atoms. The molecule has 0 saturated carbocycles. The van der Waals surface area contributed by atoms with Gasteiger partial charge in [-0.1, -0.05) is 16.8 Å². The Morgan fingerprint density at radius 3 is 2.81 bits per heavy atom. The van der Waals surface area contributed by atoms with Crippen molar-refractivity contribution in [3.05, 3.63) is 29.0 Å². The number of fused-ring (bicyclic) bond motifs is 1. The third-order valence-electron chi connectivity index (χ3n) is 2.54. The van der Waals surface area contributed by atoms with Gasteiger partial charge in [0.25, 0.3) is 0 Å². The number of halogens is 1. The van der Waals surface area contributed by atoms with Crippen LogP contribution in [0.5, 0.6) is 0 Å². The highest BCUT2D eigenvalue weighted by Gasteiger charge is 2.35. The van der Waals surface area contributed by atoms with Gasteiger partial charge >= 0.3 is 5.97 Å². The van der Waals surface area contributed by atoms with E-state index in [1.54, 1.807) is 32.0 Å². The van der Waals surface area contributed by atoms with E-state index in [0.717, 1.165) is 0 Å². The first-order chi connectivity index (χ1) is 7.43. The summed E-state index contributed by atoms with van der Waals surface area (Å²) in [6.45, 7) is 3.15. The highest BCUT2D eigenvalue weighted by molar-refractivity contribution is 6.31. The zero-order valence-corrected chi connectivity index (χ0v) is 9.58. The molecule has 0 fully saturated rings. The van der Waals surface area contributed by atoms with Gasteiger partial charge in [0, 0.05) is 10.4 Å². The van der Waals surface area contributed by atoms with Gasteiger partial charge in [0.05, 0.1) is 0 Å². The van der Waals surface area contributed by atoms with Crippen LogP contribution in [0.15, 0.2) is 22.7 Å². The van der Waals surface area contributed by atoms with Crippen molar-refractivity contribution in [2.24, 2.45) is 0 Å². The Kier molecular flexibility index (Phi) is 2.39. The van der Waals surface area contributed by atoms with E-state index in [1.165, 1.54) is 0 Å². The topological polar surface area (TPSA) is 63.3 Å². The average Bonchev–Trinajstić information content (AvgIpc) is 2.60. The molecule has 0 atom stereocenters. The van der Waals surface area contributed by atoms with Crippen LogP contribution in [-0.2, 0) is 10.2 Å². The number of aliphatic carboxylic acids is 1. The molecule has 0 unspecified atom stereocenters. The van der Waals surface area contributed by atoms with Crippen LogP contribution in [0.2, 0.25) is 5.02 Å². The molecule has 2 aromatic rings. The minimum atomic E-state index is -1.11. The number of hydrogen-bond donors (Lipinski definition) is 1. The number of carbonyl (C=O) groups is 1. The maximum atomic E-state index is 11.1. The Morgan fingerprint density at radius 2 is 2.19 bits per heavy atom. The van der Waals surface area contributed by atoms with Gasteiger partial charge in [-0.3, -0.25) is 4.79 Å². The summed E-state index contributed by atoms with van der Waals surface area (Å²) in [7, 11) is 0. The van der Waals surface area contributed by atoms with Crippen molar-refractivity contribution < 1.29 is 14.4 Å². The maximum Gasteiger partial charge on any atom is 0.316 e. The molecule has 16 heavy (non-hydrogen) atoms. The number of carboxylic acids is 1. The molecule has 0 saturated heterocycles. The van der Waals surface area contributed by atoms with Gasteiger partial charge < -0.3 is 9.63 Å². The fraction of sp³-hybridized carbons (Fsp3) is 0.273. The van der Waals surface area contributed by atoms with Gasteiger partial charge in [0.15, 0.2) is 5.76 Å². The van der Waals surface area contributed by atoms with Gasteiger partial charge in [0.2, 0.25) is 0 Å². The molecule has 4 nitrogen and oxygen atoms in total. The molecule has 1 aromatic carbocycles. The molecule has 1 heterocycles. The molecule has 1 aromatic heterocycles. The first-order valence-corrected chi connectivity index (χ1v) is 5.09. The Labute approximate surface area is 96.8 Å². The molecule has 0 amide bonds. The summed E-state index contributed by atoms with van der Waals surface area (Å²) < 4.78 is 5.11. The average molecular weight is 240 g/mol. The predicted octanol–water partition coefficient (Wildman–Crippen LogP) is 2.84. The number of hydrogen-bond acceptors (Lipinski definition) is 3. The molecule has 5 heteroatoms. The van der Waals surface area contributed by atoms with Crippen molar-refractivity contribution in [1.82, 2.24) is 5.16 Å². The fourth-order valence-electron chi connectivity index (χ4n) is 1.46. The largest absolute Gasteiger partial charge is 0.481 e. The van der Waals surface area contributed by atoms with E-state index in [-0.39, 0.29) is 0 Å². The van der Waals surface area contributed by atoms with E-state index in [0.29, 0.717) is 21.7 Å². The smallest absolute Gasteiger partial charge is 0.316 e. The minimum absolute atomic E-state index is 0.340. The number of rotatable bonds is 2. The fourth-order valence-corrected chi connectivity index (χ4v) is 1.63. The molecule has 2 rings (SSSR count). The second kappa shape index (κ2) is 3.49. The lowest BCUT2D eigenvalue weighted by Gasteiger charge is -2.15. The standard InChI is InChI=1S/C11H10ClNO3/c1-11(2,10(14)15)9-7-4-3-6(12)5-8(7)13-16-9/h3-5H,1-2H3,(H,14,15). The van der Waals surface area contributed by atoms with Crippen molar-refractivity contribution in [2.45, 2.75) is 19.3 Å². The van der Waals surface area contributed by atoms with Crippen LogP contribution in [-0.4, -0.2) is 16.2 Å². The molecule has 0 aliphatic carbocycles. The van der Waals surface area contributed by atoms with Crippen molar-refractivity contribution in [3.63, 3.8) is 0 Å². The van der Waals surface area contributed by atoms with Gasteiger partial charge in [-0.15, -0.1) is 0 Å². The highest BCUT2D eigenvalue weighted by Crippen LogP contribution is 2.31. The first kappa shape index (κ1) is 11.0. The predicted molar refractivity (Wildman–Crippen MR) is 59.7 cm³/mol. The molecular formula is C11H10ClNO3. The monoisotopic (exact) mass is 239 g/mol. The Bertz CT molecular complexity index is 559. The Hall–Kier alpha value is -1.55. The van der Waals surface area contributed by atoms with Crippen molar-refractivity contribution in [2.75, 3.05) is 0 Å². The van der Waals surface area contributed by atoms with Gasteiger partial charge in [-0.05, 0) is 32.0 Å². The van der Waals surface area contributed by atoms with Gasteiger partial charge in [-0.2, -0.15) is 0 Å². The van der Waals surface area contributed by atoms with Crippen LogP contribution in [0.4, 0.5) is 0 Å². The zero-order chi connectivity index (χ0) is 11.9. The first-order valence-electron chi connectivity index (χ1n) is 4.72. The number of aromatic nitrogens is 1. The lowest BCUT2D eigenvalue weighted by atomic mass is 9.88. The molecule has 0 radical (unpaired) electrons. The Morgan fingerprint density at radius 1 is 1.50 bits per heavy atom. The van der Waals surface area contributed by atoms with Crippen LogP contribution in [0, 0.1) is 0 Å². The second-order valence-corrected chi connectivity index (χ2v) is 4.54. The van der Waals surface area contributed by atoms with Gasteiger partial charge in [0.1, 0.15) is 10.9 Å². The normalized spacial score (nSPS) is 11.9. The summed E-state index contributed by atoms with van der Waals surface area (Å²) in [6, 6.07) is 5.04. The zero-order valence-electron chi connectivity index (χ0n) is 8.82. The third-order valence-corrected chi connectivity index (χ3v) is 2.78. The lowest BCUT2D eigenvalue weighted by molar-refractivity contribution is -0.143. The van der Waals surface area contributed by atoms with E-state index in [4.69, 9.17) is 21.2 Å². The van der Waals surface area contributed by atoms with E-state index < -0.39 is 11.4 Å². The summed E-state index contributed by atoms with van der Waals surface area (Å²) >= 11 is 5.81. The van der Waals surface area contributed by atoms with Crippen LogP contribution < -0.4 is 0 Å². The molecule has 1 N–H and O–H groups in total. The molecular weight excluding hydrogens is 230 g/mol. The van der Waals surface area contributed by atoms with Crippen molar-refractivity contribution >= 4 is 28.5 Å². The second-order valence-electron chi connectivity index (χ2n) is 4.10. The molecule has 0 bridgehead atoms. The summed E-state index contributed by atoms with van der Waals surface area (Å²) in [5, 5.41) is 14.1. The van der Waals surface area contributed by atoms with Crippen LogP contribution in [0.25, 0.3) is 10.9 Å². The molecule has 0 aliphatic heterocycles. The summed E-state index contributed by atoms with van der Waals surface area (Å²) in [5.41, 5.74) is -0.542. The van der Waals surface area contributed by atoms with Crippen LogP contribution >= 0.6 is 11.6 Å². The third kappa shape index (κ3) is 1.55. The van der Waals surface area contributed by atoms with E-state index in [1.807, 2.05) is 0 Å². The molecule has 0 aliphatic rings. The number of carboxylic acid groups (broad SMARTS) is 1. The van der Waals surface area contributed by atoms with Crippen LogP contribution in [0.1, 0.15) is 19.6 Å². The van der Waals surface area contributed by atoms with Gasteiger partial charge in [-0.25, -0.2) is 0 Å². The lowest BCUT2D eigenvalue weighted by Crippen LogP contribution is -2.28. The maximum absolute atomic E-state index is 11.1. The SMILES string of the molecule is CC(C)(C(=O)O)c1onc2cc(Cl)ccc12. The molecule has 84 valence electrons. The summed E-state index contributed by atoms with van der Waals surface area (Å²) in [4.78, 5) is 11.1. The van der Waals surface area contributed by atoms with E-state index >= 15 is 0 Å². The van der Waals surface area contributed by atoms with E-state index in [2.05, 4.69) is 5.16 Å². The van der Waals surface area contributed by atoms with Crippen molar-refractivity contribution in [1.29, 1.82) is 0 Å². The number of benzene rings is 1. The quantitative estimate of drug-likeness (QED) is 0.875. The van der Waals surface area contributed by atoms with Crippen molar-refractivity contribution in [3.8, 4) is 0 Å². The summed E-state index contributed by atoms with van der Waals surface area (Å²) in [5.74, 6) is -0.618. The highest BCUT2D eigenvalue weighted by atomic mass is 35.5. The summed E-state index contributed by atoms with van der Waals surface area (Å²) in [6.07, 6.45) is 0. The Balaban J connectivity index is 2.67. The minimum Gasteiger partial charge on any atom is -0.481 e.